The molecule has 31 heavy (non-hydrogen) atoms. The molecule has 0 aliphatic heterocycles. The van der Waals surface area contributed by atoms with Crippen molar-refractivity contribution in [1.29, 1.82) is 0 Å². The number of ether oxygens (including phenoxy) is 2. The van der Waals surface area contributed by atoms with Crippen molar-refractivity contribution < 1.29 is 19.1 Å². The normalized spacial score (nSPS) is 15.5. The predicted molar refractivity (Wildman–Crippen MR) is 123 cm³/mol. The third-order valence-corrected chi connectivity index (χ3v) is 5.51. The van der Waals surface area contributed by atoms with Gasteiger partial charge < -0.3 is 14.8 Å². The molecule has 1 amide bonds. The van der Waals surface area contributed by atoms with Crippen LogP contribution in [0.3, 0.4) is 0 Å². The molecule has 3 rings (SSSR count). The fourth-order valence-electron chi connectivity index (χ4n) is 3.85. The van der Waals surface area contributed by atoms with Crippen molar-refractivity contribution in [3.05, 3.63) is 65.7 Å². The fraction of sp³-hybridized carbons (Fsp3) is 0.385. The Morgan fingerprint density at radius 3 is 2.39 bits per heavy atom. The summed E-state index contributed by atoms with van der Waals surface area (Å²) in [7, 11) is 1.60. The summed E-state index contributed by atoms with van der Waals surface area (Å²) in [5.74, 6) is -0.0670. The number of amides is 1. The van der Waals surface area contributed by atoms with Crippen molar-refractivity contribution in [2.45, 2.75) is 51.0 Å². The van der Waals surface area contributed by atoms with E-state index in [2.05, 4.69) is 5.32 Å². The van der Waals surface area contributed by atoms with E-state index in [9.17, 15) is 9.59 Å². The average Bonchev–Trinajstić information content (AvgIpc) is 2.78. The number of rotatable bonds is 7. The number of hydrogen-bond donors (Lipinski definition) is 1. The molecule has 0 saturated heterocycles. The van der Waals surface area contributed by atoms with E-state index in [1.807, 2.05) is 54.6 Å². The van der Waals surface area contributed by atoms with Crippen LogP contribution < -0.4 is 10.1 Å². The Morgan fingerprint density at radius 1 is 0.968 bits per heavy atom. The van der Waals surface area contributed by atoms with Crippen LogP contribution in [0.1, 0.15) is 56.1 Å². The second-order valence-corrected chi connectivity index (χ2v) is 7.89. The molecule has 1 N–H and O–H groups in total. The van der Waals surface area contributed by atoms with Gasteiger partial charge in [-0.3, -0.25) is 4.79 Å². The van der Waals surface area contributed by atoms with Crippen LogP contribution in [0, 0.1) is 0 Å². The lowest BCUT2D eigenvalue weighted by molar-refractivity contribution is -0.143. The van der Waals surface area contributed by atoms with Crippen molar-refractivity contribution in [3.63, 3.8) is 0 Å². The van der Waals surface area contributed by atoms with Gasteiger partial charge in [-0.05, 0) is 42.2 Å². The zero-order valence-corrected chi connectivity index (χ0v) is 18.1. The molecule has 0 atom stereocenters. The van der Waals surface area contributed by atoms with E-state index in [4.69, 9.17) is 9.47 Å². The summed E-state index contributed by atoms with van der Waals surface area (Å²) in [5.41, 5.74) is 1.94. The molecule has 2 aromatic carbocycles. The lowest BCUT2D eigenvalue weighted by atomic mass is 9.97. The summed E-state index contributed by atoms with van der Waals surface area (Å²) in [5, 5.41) is 3.03. The van der Waals surface area contributed by atoms with E-state index in [1.165, 1.54) is 19.3 Å². The van der Waals surface area contributed by atoms with Gasteiger partial charge in [0.25, 0.3) is 5.91 Å². The van der Waals surface area contributed by atoms with E-state index in [0.717, 1.165) is 36.8 Å². The maximum absolute atomic E-state index is 12.9. The number of carbonyl (C=O) groups excluding carboxylic acids is 2. The summed E-state index contributed by atoms with van der Waals surface area (Å²) in [6.45, 7) is -0.280. The summed E-state index contributed by atoms with van der Waals surface area (Å²) in [6.07, 6.45) is 9.72. The van der Waals surface area contributed by atoms with Crippen LogP contribution in [0.5, 0.6) is 5.75 Å². The second kappa shape index (κ2) is 11.9. The Kier molecular flexibility index (Phi) is 8.71. The van der Waals surface area contributed by atoms with Gasteiger partial charge in [0.15, 0.2) is 6.61 Å². The van der Waals surface area contributed by atoms with Crippen LogP contribution in [-0.2, 0) is 14.3 Å². The highest BCUT2D eigenvalue weighted by Gasteiger charge is 2.18. The van der Waals surface area contributed by atoms with Crippen molar-refractivity contribution >= 4 is 23.5 Å². The molecule has 0 bridgehead atoms. The van der Waals surface area contributed by atoms with Crippen molar-refractivity contribution in [1.82, 2.24) is 5.32 Å². The number of carbonyl (C=O) groups is 2. The third-order valence-electron chi connectivity index (χ3n) is 5.51. The van der Waals surface area contributed by atoms with E-state index in [-0.39, 0.29) is 18.6 Å². The van der Waals surface area contributed by atoms with Gasteiger partial charge in [0.2, 0.25) is 0 Å². The second-order valence-electron chi connectivity index (χ2n) is 7.89. The molecule has 0 radical (unpaired) electrons. The van der Waals surface area contributed by atoms with Gasteiger partial charge in [0, 0.05) is 6.04 Å². The Morgan fingerprint density at radius 2 is 1.68 bits per heavy atom. The Hall–Kier alpha value is -3.08. The maximum atomic E-state index is 12.9. The Bertz CT molecular complexity index is 883. The van der Waals surface area contributed by atoms with Gasteiger partial charge in [0.05, 0.1) is 12.7 Å². The molecule has 5 nitrogen and oxygen atoms in total. The first-order chi connectivity index (χ1) is 15.2. The van der Waals surface area contributed by atoms with E-state index in [1.54, 1.807) is 13.2 Å². The molecule has 164 valence electrons. The quantitative estimate of drug-likeness (QED) is 0.388. The number of nitrogens with one attached hydrogen (secondary N) is 1. The summed E-state index contributed by atoms with van der Waals surface area (Å²) < 4.78 is 10.7. The van der Waals surface area contributed by atoms with Crippen molar-refractivity contribution in [2.24, 2.45) is 0 Å². The van der Waals surface area contributed by atoms with Gasteiger partial charge in [-0.2, -0.15) is 0 Å². The molecular formula is C26H31NO4. The largest absolute Gasteiger partial charge is 0.497 e. The molecule has 0 spiro atoms. The first-order valence-electron chi connectivity index (χ1n) is 11.0. The highest BCUT2D eigenvalue weighted by molar-refractivity contribution is 6.21. The third kappa shape index (κ3) is 7.28. The van der Waals surface area contributed by atoms with Crippen LogP contribution in [0.25, 0.3) is 11.6 Å². The molecule has 1 saturated carbocycles. The van der Waals surface area contributed by atoms with Crippen LogP contribution in [0.2, 0.25) is 0 Å². The summed E-state index contributed by atoms with van der Waals surface area (Å²) >= 11 is 0. The Balaban J connectivity index is 1.67. The highest BCUT2D eigenvalue weighted by Crippen LogP contribution is 2.22. The molecule has 0 unspecified atom stereocenters. The summed E-state index contributed by atoms with van der Waals surface area (Å²) in [4.78, 5) is 25.3. The van der Waals surface area contributed by atoms with Gasteiger partial charge in [-0.15, -0.1) is 0 Å². The van der Waals surface area contributed by atoms with Gasteiger partial charge in [-0.25, -0.2) is 4.79 Å². The zero-order valence-electron chi connectivity index (χ0n) is 18.1. The number of hydrogen-bond acceptors (Lipinski definition) is 4. The molecule has 0 heterocycles. The maximum Gasteiger partial charge on any atom is 0.339 e. The molecule has 1 aliphatic carbocycles. The summed E-state index contributed by atoms with van der Waals surface area (Å²) in [6, 6.07) is 16.9. The zero-order chi connectivity index (χ0) is 21.9. The lowest BCUT2D eigenvalue weighted by Gasteiger charge is -2.21. The molecule has 1 fully saturated rings. The standard InChI is InChI=1S/C26H31NO4/c1-30-23-16-10-11-20(17-23)18-24(21-12-6-5-7-13-21)26(29)31-19-25(28)27-22-14-8-3-2-4-9-15-22/h5-7,10-13,16-18,22H,2-4,8-9,14-15,19H2,1H3,(H,27,28). The molecule has 2 aromatic rings. The predicted octanol–water partition coefficient (Wildman–Crippen LogP) is 5.01. The van der Waals surface area contributed by atoms with Crippen LogP contribution in [-0.4, -0.2) is 31.6 Å². The van der Waals surface area contributed by atoms with Crippen molar-refractivity contribution in [2.75, 3.05) is 13.7 Å². The molecule has 0 aromatic heterocycles. The monoisotopic (exact) mass is 421 g/mol. The first kappa shape index (κ1) is 22.6. The molecule has 1 aliphatic rings. The minimum atomic E-state index is -0.526. The van der Waals surface area contributed by atoms with Crippen LogP contribution in [0.4, 0.5) is 0 Å². The van der Waals surface area contributed by atoms with E-state index >= 15 is 0 Å². The average molecular weight is 422 g/mol. The van der Waals surface area contributed by atoms with Crippen molar-refractivity contribution in [3.8, 4) is 5.75 Å². The van der Waals surface area contributed by atoms with Crippen LogP contribution in [0.15, 0.2) is 54.6 Å². The SMILES string of the molecule is COc1cccc(C=C(C(=O)OCC(=O)NC2CCCCCCC2)c2ccccc2)c1. The van der Waals surface area contributed by atoms with E-state index in [0.29, 0.717) is 11.3 Å². The van der Waals surface area contributed by atoms with Crippen LogP contribution >= 0.6 is 0 Å². The lowest BCUT2D eigenvalue weighted by Crippen LogP contribution is -2.38. The Labute approximate surface area is 184 Å². The highest BCUT2D eigenvalue weighted by atomic mass is 16.5. The van der Waals surface area contributed by atoms with E-state index < -0.39 is 5.97 Å². The minimum absolute atomic E-state index is 0.174. The minimum Gasteiger partial charge on any atom is -0.497 e. The topological polar surface area (TPSA) is 64.6 Å². The first-order valence-corrected chi connectivity index (χ1v) is 11.0. The number of esters is 1. The number of benzene rings is 2. The molecular weight excluding hydrogens is 390 g/mol. The fourth-order valence-corrected chi connectivity index (χ4v) is 3.85. The van der Waals surface area contributed by atoms with Gasteiger partial charge in [0.1, 0.15) is 5.75 Å². The molecule has 5 heteroatoms. The van der Waals surface area contributed by atoms with Gasteiger partial charge >= 0.3 is 5.97 Å². The number of methoxy groups -OCH3 is 1. The smallest absolute Gasteiger partial charge is 0.339 e. The van der Waals surface area contributed by atoms with Gasteiger partial charge in [-0.1, -0.05) is 74.6 Å².